The molecule has 1 aromatic rings. The van der Waals surface area contributed by atoms with E-state index in [1.807, 2.05) is 11.8 Å². The van der Waals surface area contributed by atoms with Crippen LogP contribution in [-0.2, 0) is 6.42 Å². The quantitative estimate of drug-likeness (QED) is 0.604. The minimum Gasteiger partial charge on any atom is -0.310 e. The van der Waals surface area contributed by atoms with Crippen molar-refractivity contribution in [2.75, 3.05) is 18.6 Å². The van der Waals surface area contributed by atoms with E-state index in [1.165, 1.54) is 42.6 Å². The van der Waals surface area contributed by atoms with E-state index in [2.05, 4.69) is 56.6 Å². The van der Waals surface area contributed by atoms with Gasteiger partial charge in [-0.3, -0.25) is 0 Å². The molecule has 0 bridgehead atoms. The number of benzene rings is 1. The van der Waals surface area contributed by atoms with Crippen LogP contribution < -0.4 is 5.32 Å². The van der Waals surface area contributed by atoms with Crippen LogP contribution in [0.3, 0.4) is 0 Å². The molecule has 0 spiro atoms. The molecule has 0 aliphatic carbocycles. The normalized spacial score (nSPS) is 12.8. The van der Waals surface area contributed by atoms with Gasteiger partial charge in [-0.15, -0.1) is 0 Å². The highest BCUT2D eigenvalue weighted by Gasteiger charge is 2.05. The Hall–Kier alpha value is -0.470. The average Bonchev–Trinajstić information content (AvgIpc) is 2.42. The number of nitrogens with one attached hydrogen (secondary N) is 1. The molecule has 1 aromatic carbocycles. The lowest BCUT2D eigenvalue weighted by atomic mass is 10.00. The van der Waals surface area contributed by atoms with Crippen LogP contribution >= 0.6 is 11.8 Å². The first-order valence-corrected chi connectivity index (χ1v) is 9.34. The summed E-state index contributed by atoms with van der Waals surface area (Å²) >= 11 is 1.95. The van der Waals surface area contributed by atoms with Crippen molar-refractivity contribution >= 4 is 11.8 Å². The van der Waals surface area contributed by atoms with Crippen molar-refractivity contribution < 1.29 is 0 Å². The minimum absolute atomic E-state index is 0.462. The van der Waals surface area contributed by atoms with Crippen molar-refractivity contribution in [1.82, 2.24) is 5.32 Å². The molecule has 0 aromatic heterocycles. The standard InChI is InChI=1S/C18H31NS/c1-15(2)14-17-8-10-18(11-9-17)16(3)19-12-6-5-7-13-20-4/h8-11,15-16,19H,5-7,12-14H2,1-4H3. The SMILES string of the molecule is CSCCCCCNC(C)c1ccc(CC(C)C)cc1. The van der Waals surface area contributed by atoms with Crippen LogP contribution in [0.1, 0.15) is 57.2 Å². The molecule has 1 nitrogen and oxygen atoms in total. The summed E-state index contributed by atoms with van der Waals surface area (Å²) in [6.07, 6.45) is 7.34. The second-order valence-corrected chi connectivity index (χ2v) is 7.05. The Bertz CT molecular complexity index is 345. The highest BCUT2D eigenvalue weighted by atomic mass is 32.2. The molecule has 1 unspecified atom stereocenters. The van der Waals surface area contributed by atoms with Crippen LogP contribution in [-0.4, -0.2) is 18.6 Å². The van der Waals surface area contributed by atoms with Crippen molar-refractivity contribution in [2.45, 2.75) is 52.5 Å². The third-order valence-electron chi connectivity index (χ3n) is 3.60. The fraction of sp³-hybridized carbons (Fsp3) is 0.667. The van der Waals surface area contributed by atoms with E-state index in [9.17, 15) is 0 Å². The van der Waals surface area contributed by atoms with Crippen molar-refractivity contribution in [2.24, 2.45) is 5.92 Å². The molecule has 20 heavy (non-hydrogen) atoms. The Kier molecular flexibility index (Phi) is 9.04. The number of thioether (sulfide) groups is 1. The van der Waals surface area contributed by atoms with Gasteiger partial charge in [0.1, 0.15) is 0 Å². The smallest absolute Gasteiger partial charge is 0.0291 e. The van der Waals surface area contributed by atoms with Crippen LogP contribution in [0.15, 0.2) is 24.3 Å². The first kappa shape index (κ1) is 17.6. The van der Waals surface area contributed by atoms with E-state index in [0.29, 0.717) is 6.04 Å². The molecule has 1 rings (SSSR count). The second-order valence-electron chi connectivity index (χ2n) is 6.07. The van der Waals surface area contributed by atoms with Gasteiger partial charge in [0.2, 0.25) is 0 Å². The van der Waals surface area contributed by atoms with Gasteiger partial charge in [0.15, 0.2) is 0 Å². The maximum Gasteiger partial charge on any atom is 0.0291 e. The van der Waals surface area contributed by atoms with Crippen molar-refractivity contribution in [3.63, 3.8) is 0 Å². The molecule has 2 heteroatoms. The maximum absolute atomic E-state index is 3.63. The molecule has 0 aliphatic rings. The Morgan fingerprint density at radius 3 is 2.30 bits per heavy atom. The van der Waals surface area contributed by atoms with E-state index in [0.717, 1.165) is 12.5 Å². The van der Waals surface area contributed by atoms with Crippen LogP contribution in [0.2, 0.25) is 0 Å². The molecule has 114 valence electrons. The summed E-state index contributed by atoms with van der Waals surface area (Å²) in [6.45, 7) is 7.94. The van der Waals surface area contributed by atoms with Gasteiger partial charge < -0.3 is 5.32 Å². The van der Waals surface area contributed by atoms with Crippen molar-refractivity contribution in [1.29, 1.82) is 0 Å². The number of unbranched alkanes of at least 4 members (excludes halogenated alkanes) is 2. The summed E-state index contributed by atoms with van der Waals surface area (Å²) < 4.78 is 0. The summed E-state index contributed by atoms with van der Waals surface area (Å²) in [5.74, 6) is 2.03. The van der Waals surface area contributed by atoms with E-state index in [4.69, 9.17) is 0 Å². The summed E-state index contributed by atoms with van der Waals surface area (Å²) in [7, 11) is 0. The molecule has 1 atom stereocenters. The molecular formula is C18H31NS. The third kappa shape index (κ3) is 7.35. The molecule has 0 saturated heterocycles. The van der Waals surface area contributed by atoms with E-state index < -0.39 is 0 Å². The van der Waals surface area contributed by atoms with Crippen LogP contribution in [0.4, 0.5) is 0 Å². The lowest BCUT2D eigenvalue weighted by molar-refractivity contribution is 0.544. The number of hydrogen-bond donors (Lipinski definition) is 1. The zero-order valence-corrected chi connectivity index (χ0v) is 14.4. The van der Waals surface area contributed by atoms with E-state index >= 15 is 0 Å². The molecule has 0 amide bonds. The van der Waals surface area contributed by atoms with Gasteiger partial charge in [-0.25, -0.2) is 0 Å². The van der Waals surface area contributed by atoms with Gasteiger partial charge in [0, 0.05) is 6.04 Å². The van der Waals surface area contributed by atoms with Crippen LogP contribution in [0.25, 0.3) is 0 Å². The first-order chi connectivity index (χ1) is 9.63. The van der Waals surface area contributed by atoms with Gasteiger partial charge in [-0.1, -0.05) is 44.5 Å². The summed E-state index contributed by atoms with van der Waals surface area (Å²) in [5, 5.41) is 3.63. The van der Waals surface area contributed by atoms with Gasteiger partial charge in [0.05, 0.1) is 0 Å². The molecule has 0 heterocycles. The maximum atomic E-state index is 3.63. The third-order valence-corrected chi connectivity index (χ3v) is 4.30. The van der Waals surface area contributed by atoms with Crippen LogP contribution in [0, 0.1) is 5.92 Å². The Morgan fingerprint density at radius 2 is 1.70 bits per heavy atom. The summed E-state index contributed by atoms with van der Waals surface area (Å²) in [5.41, 5.74) is 2.86. The second kappa shape index (κ2) is 10.3. The highest BCUT2D eigenvalue weighted by Crippen LogP contribution is 2.15. The average molecular weight is 294 g/mol. The largest absolute Gasteiger partial charge is 0.310 e. The lowest BCUT2D eigenvalue weighted by Gasteiger charge is -2.15. The van der Waals surface area contributed by atoms with Crippen molar-refractivity contribution in [3.8, 4) is 0 Å². The predicted molar refractivity (Wildman–Crippen MR) is 93.6 cm³/mol. The molecule has 1 N–H and O–H groups in total. The van der Waals surface area contributed by atoms with Gasteiger partial charge in [-0.2, -0.15) is 11.8 Å². The Balaban J connectivity index is 2.27. The zero-order chi connectivity index (χ0) is 14.8. The van der Waals surface area contributed by atoms with Gasteiger partial charge >= 0.3 is 0 Å². The molecule has 0 saturated carbocycles. The molecule has 0 aliphatic heterocycles. The zero-order valence-electron chi connectivity index (χ0n) is 13.6. The van der Waals surface area contributed by atoms with Crippen molar-refractivity contribution in [3.05, 3.63) is 35.4 Å². The first-order valence-electron chi connectivity index (χ1n) is 7.94. The van der Waals surface area contributed by atoms with Crippen LogP contribution in [0.5, 0.6) is 0 Å². The fourth-order valence-corrected chi connectivity index (χ4v) is 2.89. The lowest BCUT2D eigenvalue weighted by Crippen LogP contribution is -2.19. The summed E-state index contributed by atoms with van der Waals surface area (Å²) in [6, 6.07) is 9.59. The van der Waals surface area contributed by atoms with E-state index in [1.54, 1.807) is 0 Å². The molecular weight excluding hydrogens is 262 g/mol. The van der Waals surface area contributed by atoms with Gasteiger partial charge in [-0.05, 0) is 61.8 Å². The Morgan fingerprint density at radius 1 is 1.00 bits per heavy atom. The topological polar surface area (TPSA) is 12.0 Å². The fourth-order valence-electron chi connectivity index (χ4n) is 2.40. The molecule has 0 fully saturated rings. The minimum atomic E-state index is 0.462. The van der Waals surface area contributed by atoms with Gasteiger partial charge in [0.25, 0.3) is 0 Å². The highest BCUT2D eigenvalue weighted by molar-refractivity contribution is 7.98. The molecule has 0 radical (unpaired) electrons. The monoisotopic (exact) mass is 293 g/mol. The Labute approximate surface area is 129 Å². The predicted octanol–water partition coefficient (Wildman–Crippen LogP) is 5.07. The number of rotatable bonds is 10. The number of hydrogen-bond acceptors (Lipinski definition) is 2. The van der Waals surface area contributed by atoms with E-state index in [-0.39, 0.29) is 0 Å². The summed E-state index contributed by atoms with van der Waals surface area (Å²) in [4.78, 5) is 0.